The molecule has 0 unspecified atom stereocenters. The summed E-state index contributed by atoms with van der Waals surface area (Å²) in [6, 6.07) is 5.57. The molecular weight excluding hydrogens is 294 g/mol. The predicted molar refractivity (Wildman–Crippen MR) is 89.1 cm³/mol. The fourth-order valence-corrected chi connectivity index (χ4v) is 5.01. The number of hydrogen-bond acceptors (Lipinski definition) is 3. The molecule has 3 aliphatic rings. The predicted octanol–water partition coefficient (Wildman–Crippen LogP) is 3.00. The summed E-state index contributed by atoms with van der Waals surface area (Å²) in [4.78, 5) is 21.0. The molecular formula is C17H25N3OS. The molecule has 0 radical (unpaired) electrons. The van der Waals surface area contributed by atoms with Crippen LogP contribution < -0.4 is 0 Å². The zero-order valence-corrected chi connectivity index (χ0v) is 13.9. The standard InChI is InChI=1S/C17H25N3OS/c21-17-19-9-8-18(13-16-7-4-10-22-16)11-15(19)12-20(17)14-5-2-1-3-6-14/h4,7,10,14-15H,1-3,5-6,8-9,11-13H2/t15-/m1/s1. The minimum atomic E-state index is 0.313. The molecule has 1 aromatic rings. The molecule has 2 saturated heterocycles. The number of urea groups is 1. The third kappa shape index (κ3) is 2.76. The lowest BCUT2D eigenvalue weighted by Gasteiger charge is -2.36. The van der Waals surface area contributed by atoms with Gasteiger partial charge in [-0.3, -0.25) is 4.90 Å². The van der Waals surface area contributed by atoms with Crippen LogP contribution >= 0.6 is 11.3 Å². The molecule has 1 atom stereocenters. The Morgan fingerprint density at radius 3 is 2.68 bits per heavy atom. The molecule has 0 N–H and O–H groups in total. The lowest BCUT2D eigenvalue weighted by Crippen LogP contribution is -2.51. The second-order valence-electron chi connectivity index (χ2n) is 6.89. The molecule has 0 aromatic carbocycles. The normalized spacial score (nSPS) is 27.5. The molecule has 3 heterocycles. The Hall–Kier alpha value is -1.07. The van der Waals surface area contributed by atoms with Crippen LogP contribution in [0.4, 0.5) is 4.79 Å². The van der Waals surface area contributed by atoms with Crippen LogP contribution in [-0.4, -0.2) is 59.0 Å². The van der Waals surface area contributed by atoms with Crippen LogP contribution in [0.1, 0.15) is 37.0 Å². The second kappa shape index (κ2) is 6.20. The quantitative estimate of drug-likeness (QED) is 0.856. The van der Waals surface area contributed by atoms with Crippen molar-refractivity contribution in [3.63, 3.8) is 0 Å². The minimum Gasteiger partial charge on any atom is -0.320 e. The molecule has 1 aliphatic carbocycles. The van der Waals surface area contributed by atoms with Crippen molar-refractivity contribution in [2.45, 2.75) is 50.7 Å². The Bertz CT molecular complexity index is 512. The summed E-state index contributed by atoms with van der Waals surface area (Å²) in [6.07, 6.45) is 6.36. The van der Waals surface area contributed by atoms with Crippen LogP contribution in [0.5, 0.6) is 0 Å². The van der Waals surface area contributed by atoms with Crippen LogP contribution in [-0.2, 0) is 6.54 Å². The van der Waals surface area contributed by atoms with E-state index < -0.39 is 0 Å². The molecule has 1 aromatic heterocycles. The summed E-state index contributed by atoms with van der Waals surface area (Å²) in [7, 11) is 0. The average Bonchev–Trinajstić information content (AvgIpc) is 3.16. The number of amides is 2. The van der Waals surface area contributed by atoms with E-state index in [2.05, 4.69) is 32.2 Å². The number of carbonyl (C=O) groups excluding carboxylic acids is 1. The molecule has 0 bridgehead atoms. The average molecular weight is 319 g/mol. The smallest absolute Gasteiger partial charge is 0.320 e. The molecule has 5 heteroatoms. The molecule has 3 fully saturated rings. The number of thiophene rings is 1. The number of nitrogens with zero attached hydrogens (tertiary/aromatic N) is 3. The van der Waals surface area contributed by atoms with Crippen LogP contribution in [0.25, 0.3) is 0 Å². The largest absolute Gasteiger partial charge is 0.320 e. The summed E-state index contributed by atoms with van der Waals surface area (Å²) in [6.45, 7) is 4.94. The topological polar surface area (TPSA) is 26.8 Å². The Morgan fingerprint density at radius 1 is 1.05 bits per heavy atom. The van der Waals surface area contributed by atoms with Gasteiger partial charge in [-0.05, 0) is 24.3 Å². The van der Waals surface area contributed by atoms with Gasteiger partial charge in [-0.1, -0.05) is 25.3 Å². The Balaban J connectivity index is 1.39. The molecule has 4 rings (SSSR count). The van der Waals surface area contributed by atoms with Crippen molar-refractivity contribution in [1.82, 2.24) is 14.7 Å². The van der Waals surface area contributed by atoms with Crippen molar-refractivity contribution in [1.29, 1.82) is 0 Å². The van der Waals surface area contributed by atoms with E-state index in [1.54, 1.807) is 0 Å². The fourth-order valence-electron chi connectivity index (χ4n) is 4.26. The van der Waals surface area contributed by atoms with Crippen LogP contribution in [0.3, 0.4) is 0 Å². The van der Waals surface area contributed by atoms with E-state index in [0.717, 1.165) is 32.7 Å². The zero-order valence-electron chi connectivity index (χ0n) is 13.1. The number of carbonyl (C=O) groups is 1. The van der Waals surface area contributed by atoms with Gasteiger partial charge < -0.3 is 9.80 Å². The van der Waals surface area contributed by atoms with Gasteiger partial charge in [-0.2, -0.15) is 0 Å². The van der Waals surface area contributed by atoms with Gasteiger partial charge in [0.05, 0.1) is 6.04 Å². The first-order chi connectivity index (χ1) is 10.8. The fraction of sp³-hybridized carbons (Fsp3) is 0.706. The van der Waals surface area contributed by atoms with Gasteiger partial charge in [0.1, 0.15) is 0 Å². The highest BCUT2D eigenvalue weighted by Crippen LogP contribution is 2.29. The van der Waals surface area contributed by atoms with Gasteiger partial charge in [0.2, 0.25) is 0 Å². The van der Waals surface area contributed by atoms with E-state index in [4.69, 9.17) is 0 Å². The van der Waals surface area contributed by atoms with Crippen LogP contribution in [0.15, 0.2) is 17.5 Å². The maximum Gasteiger partial charge on any atom is 0.320 e. The number of fused-ring (bicyclic) bond motifs is 1. The van der Waals surface area contributed by atoms with Gasteiger partial charge in [0, 0.05) is 43.6 Å². The van der Waals surface area contributed by atoms with E-state index in [1.165, 1.54) is 37.0 Å². The van der Waals surface area contributed by atoms with Gasteiger partial charge in [-0.25, -0.2) is 4.79 Å². The zero-order chi connectivity index (χ0) is 14.9. The maximum atomic E-state index is 12.7. The first-order valence-corrected chi connectivity index (χ1v) is 9.51. The van der Waals surface area contributed by atoms with Crippen LogP contribution in [0, 0.1) is 0 Å². The van der Waals surface area contributed by atoms with E-state index in [0.29, 0.717) is 18.1 Å². The highest BCUT2D eigenvalue weighted by molar-refractivity contribution is 7.09. The monoisotopic (exact) mass is 319 g/mol. The lowest BCUT2D eigenvalue weighted by molar-refractivity contribution is 0.116. The molecule has 22 heavy (non-hydrogen) atoms. The number of piperazine rings is 1. The molecule has 2 aliphatic heterocycles. The summed E-state index contributed by atoms with van der Waals surface area (Å²) in [5.74, 6) is 0. The highest BCUT2D eigenvalue weighted by atomic mass is 32.1. The summed E-state index contributed by atoms with van der Waals surface area (Å²) in [5.41, 5.74) is 0. The molecule has 2 amide bonds. The second-order valence-corrected chi connectivity index (χ2v) is 7.92. The van der Waals surface area contributed by atoms with Gasteiger partial charge in [0.25, 0.3) is 0 Å². The summed E-state index contributed by atoms with van der Waals surface area (Å²) in [5, 5.41) is 2.15. The lowest BCUT2D eigenvalue weighted by atomic mass is 9.94. The Morgan fingerprint density at radius 2 is 1.91 bits per heavy atom. The Labute approximate surface area is 136 Å². The molecule has 4 nitrogen and oxygen atoms in total. The van der Waals surface area contributed by atoms with Crippen molar-refractivity contribution < 1.29 is 4.79 Å². The van der Waals surface area contributed by atoms with Gasteiger partial charge >= 0.3 is 6.03 Å². The molecule has 1 saturated carbocycles. The van der Waals surface area contributed by atoms with E-state index in [-0.39, 0.29) is 0 Å². The molecule has 120 valence electrons. The van der Waals surface area contributed by atoms with E-state index in [9.17, 15) is 4.79 Å². The maximum absolute atomic E-state index is 12.7. The molecule has 0 spiro atoms. The van der Waals surface area contributed by atoms with E-state index in [1.807, 2.05) is 11.3 Å². The van der Waals surface area contributed by atoms with Crippen molar-refractivity contribution in [3.05, 3.63) is 22.4 Å². The first-order valence-electron chi connectivity index (χ1n) is 8.63. The van der Waals surface area contributed by atoms with Crippen molar-refractivity contribution in [2.24, 2.45) is 0 Å². The van der Waals surface area contributed by atoms with E-state index >= 15 is 0 Å². The van der Waals surface area contributed by atoms with Crippen molar-refractivity contribution in [2.75, 3.05) is 26.2 Å². The minimum absolute atomic E-state index is 0.313. The first kappa shape index (κ1) is 14.5. The van der Waals surface area contributed by atoms with Gasteiger partial charge in [0.15, 0.2) is 0 Å². The van der Waals surface area contributed by atoms with Crippen LogP contribution in [0.2, 0.25) is 0 Å². The summed E-state index contributed by atoms with van der Waals surface area (Å²) < 4.78 is 0. The Kier molecular flexibility index (Phi) is 4.09. The summed E-state index contributed by atoms with van der Waals surface area (Å²) >= 11 is 1.83. The third-order valence-corrected chi connectivity index (χ3v) is 6.30. The third-order valence-electron chi connectivity index (χ3n) is 5.44. The highest BCUT2D eigenvalue weighted by Gasteiger charge is 2.43. The number of rotatable bonds is 3. The SMILES string of the molecule is O=C1N(C2CCCCC2)C[C@H]2CN(Cc3cccs3)CCN12. The van der Waals surface area contributed by atoms with Crippen molar-refractivity contribution in [3.8, 4) is 0 Å². The van der Waals surface area contributed by atoms with Crippen molar-refractivity contribution >= 4 is 17.4 Å². The number of hydrogen-bond donors (Lipinski definition) is 0. The van der Waals surface area contributed by atoms with Gasteiger partial charge in [-0.15, -0.1) is 11.3 Å².